The predicted octanol–water partition coefficient (Wildman–Crippen LogP) is -0.0574. The lowest BCUT2D eigenvalue weighted by molar-refractivity contribution is -0.385. The number of nitrogens with zero attached hydrogens (tertiary/aromatic N) is 2. The van der Waals surface area contributed by atoms with Gasteiger partial charge in [0.15, 0.2) is 5.54 Å². The van der Waals surface area contributed by atoms with Gasteiger partial charge in [-0.1, -0.05) is 17.5 Å². The Morgan fingerprint density at radius 1 is 1.43 bits per heavy atom. The predicted molar refractivity (Wildman–Crippen MR) is 94.0 cm³/mol. The van der Waals surface area contributed by atoms with Gasteiger partial charge < -0.3 is 10.2 Å². The number of nitro benzene ring substituents is 1. The van der Waals surface area contributed by atoms with Crippen molar-refractivity contribution in [1.82, 2.24) is 10.2 Å². The number of carboxylic acid groups (broad SMARTS) is 1. The summed E-state index contributed by atoms with van der Waals surface area (Å²) >= 11 is 5.95. The number of halogens is 1. The third-order valence-electron chi connectivity index (χ3n) is 5.15. The number of nitro groups is 1. The monoisotopic (exact) mass is 407 g/mol. The molecular formula is C17H14ClN3O7. The number of carbonyl (C=O) groups excluding carboxylic acids is 2. The van der Waals surface area contributed by atoms with Crippen molar-refractivity contribution < 1.29 is 29.5 Å². The van der Waals surface area contributed by atoms with Gasteiger partial charge in [0.2, 0.25) is 11.8 Å². The first-order chi connectivity index (χ1) is 13.2. The number of likely N-dealkylation sites (tertiary alicyclic amines) is 1. The average molecular weight is 408 g/mol. The van der Waals surface area contributed by atoms with Gasteiger partial charge in [0.05, 0.1) is 36.0 Å². The lowest BCUT2D eigenvalue weighted by Crippen LogP contribution is -2.58. The Hall–Kier alpha value is -3.00. The maximum atomic E-state index is 12.9. The van der Waals surface area contributed by atoms with Crippen LogP contribution in [0, 0.1) is 34.3 Å². The molecule has 0 aliphatic carbocycles. The Morgan fingerprint density at radius 3 is 2.64 bits per heavy atom. The summed E-state index contributed by atoms with van der Waals surface area (Å²) in [6.45, 7) is -1.40. The number of benzene rings is 1. The van der Waals surface area contributed by atoms with E-state index in [4.69, 9.17) is 18.0 Å². The Kier molecular flexibility index (Phi) is 4.84. The summed E-state index contributed by atoms with van der Waals surface area (Å²) in [7, 11) is 0. The van der Waals surface area contributed by atoms with Crippen LogP contribution in [0.3, 0.4) is 0 Å². The fraction of sp³-hybridized carbons (Fsp3) is 0.353. The number of terminal acetylenes is 1. The molecule has 0 spiro atoms. The zero-order chi connectivity index (χ0) is 20.8. The molecule has 2 saturated heterocycles. The van der Waals surface area contributed by atoms with E-state index >= 15 is 0 Å². The summed E-state index contributed by atoms with van der Waals surface area (Å²) in [6, 6.07) is 2.38. The number of imide groups is 1. The molecule has 4 unspecified atom stereocenters. The Balaban J connectivity index is 2.22. The molecular weight excluding hydrogens is 394 g/mol. The highest BCUT2D eigenvalue weighted by atomic mass is 35.5. The number of rotatable bonds is 5. The number of carbonyl (C=O) groups is 3. The fourth-order valence-electron chi connectivity index (χ4n) is 3.93. The van der Waals surface area contributed by atoms with E-state index in [9.17, 15) is 34.7 Å². The topological polar surface area (TPSA) is 150 Å². The van der Waals surface area contributed by atoms with Crippen molar-refractivity contribution in [2.75, 3.05) is 13.2 Å². The Morgan fingerprint density at radius 2 is 2.11 bits per heavy atom. The number of nitrogens with one attached hydrogen (secondary N) is 1. The molecule has 4 atom stereocenters. The molecule has 10 nitrogen and oxygen atoms in total. The van der Waals surface area contributed by atoms with E-state index < -0.39 is 58.4 Å². The van der Waals surface area contributed by atoms with Crippen LogP contribution < -0.4 is 5.32 Å². The molecule has 3 rings (SSSR count). The minimum Gasteiger partial charge on any atom is -0.480 e. The van der Waals surface area contributed by atoms with Crippen molar-refractivity contribution in [2.45, 2.75) is 11.6 Å². The second kappa shape index (κ2) is 6.87. The molecule has 0 aromatic heterocycles. The van der Waals surface area contributed by atoms with E-state index in [-0.39, 0.29) is 17.1 Å². The summed E-state index contributed by atoms with van der Waals surface area (Å²) in [6.07, 6.45) is 5.19. The van der Waals surface area contributed by atoms with E-state index in [1.165, 1.54) is 12.1 Å². The number of aliphatic carboxylic acids is 1. The fourth-order valence-corrected chi connectivity index (χ4v) is 4.11. The third kappa shape index (κ3) is 2.63. The molecule has 2 amide bonds. The average Bonchev–Trinajstić information content (AvgIpc) is 3.12. The Labute approximate surface area is 163 Å². The summed E-state index contributed by atoms with van der Waals surface area (Å²) in [5, 5.41) is 33.7. The minimum absolute atomic E-state index is 0.0622. The summed E-state index contributed by atoms with van der Waals surface area (Å²) in [5.41, 5.74) is -2.68. The van der Waals surface area contributed by atoms with Gasteiger partial charge in [0.1, 0.15) is 0 Å². The first kappa shape index (κ1) is 19.8. The highest BCUT2D eigenvalue weighted by Gasteiger charge is 2.68. The van der Waals surface area contributed by atoms with Crippen molar-refractivity contribution in [2.24, 2.45) is 11.8 Å². The smallest absolute Gasteiger partial charge is 0.327 e. The third-order valence-corrected chi connectivity index (χ3v) is 5.38. The largest absolute Gasteiger partial charge is 0.480 e. The summed E-state index contributed by atoms with van der Waals surface area (Å²) in [5.74, 6) is -3.83. The SMILES string of the molecule is C#CCN1C(=O)C2C(c3cc(Cl)ccc3[N+](=O)[O-])NC(CO)(C(=O)O)C2C1=O. The summed E-state index contributed by atoms with van der Waals surface area (Å²) < 4.78 is 0. The number of fused-ring (bicyclic) bond motifs is 1. The molecule has 2 fully saturated rings. The highest BCUT2D eigenvalue weighted by Crippen LogP contribution is 2.50. The number of hydrogen-bond donors (Lipinski definition) is 3. The van der Waals surface area contributed by atoms with Gasteiger partial charge in [0.25, 0.3) is 5.69 Å². The van der Waals surface area contributed by atoms with Gasteiger partial charge in [-0.3, -0.25) is 34.7 Å². The maximum Gasteiger partial charge on any atom is 0.327 e. The standard InChI is InChI=1S/C17H14ClN3O7/c1-2-5-20-14(23)11-12(15(20)24)17(7-22,16(25)26)19-13(11)9-6-8(18)3-4-10(9)21(27)28/h1,3-4,6,11-13,19,22H,5,7H2,(H,25,26). The molecule has 11 heteroatoms. The zero-order valence-corrected chi connectivity index (χ0v) is 14.9. The van der Waals surface area contributed by atoms with Gasteiger partial charge in [-0.15, -0.1) is 6.42 Å². The second-order valence-corrected chi connectivity index (χ2v) is 6.92. The van der Waals surface area contributed by atoms with E-state index in [0.717, 1.165) is 11.0 Å². The molecule has 0 radical (unpaired) electrons. The van der Waals surface area contributed by atoms with Gasteiger partial charge in [-0.25, -0.2) is 0 Å². The van der Waals surface area contributed by atoms with Crippen LogP contribution in [-0.4, -0.2) is 56.5 Å². The molecule has 2 aliphatic heterocycles. The molecule has 28 heavy (non-hydrogen) atoms. The molecule has 2 aliphatic rings. The van der Waals surface area contributed by atoms with Crippen molar-refractivity contribution in [1.29, 1.82) is 0 Å². The van der Waals surface area contributed by atoms with Gasteiger partial charge >= 0.3 is 5.97 Å². The normalized spacial score (nSPS) is 28.9. The van der Waals surface area contributed by atoms with E-state index in [0.29, 0.717) is 0 Å². The first-order valence-electron chi connectivity index (χ1n) is 8.04. The number of aliphatic hydroxyl groups excluding tert-OH is 1. The molecule has 0 saturated carbocycles. The second-order valence-electron chi connectivity index (χ2n) is 6.49. The molecule has 1 aromatic carbocycles. The lowest BCUT2D eigenvalue weighted by atomic mass is 9.79. The van der Waals surface area contributed by atoms with Crippen LogP contribution in [0.25, 0.3) is 0 Å². The van der Waals surface area contributed by atoms with Crippen molar-refractivity contribution in [3.63, 3.8) is 0 Å². The number of carboxylic acids is 1. The minimum atomic E-state index is -2.21. The number of amides is 2. The lowest BCUT2D eigenvalue weighted by Gasteiger charge is -2.28. The number of aliphatic hydroxyl groups is 1. The van der Waals surface area contributed by atoms with Crippen molar-refractivity contribution >= 4 is 35.1 Å². The van der Waals surface area contributed by atoms with E-state index in [2.05, 4.69) is 11.2 Å². The van der Waals surface area contributed by atoms with Crippen molar-refractivity contribution in [3.8, 4) is 12.3 Å². The van der Waals surface area contributed by atoms with Gasteiger partial charge in [-0.2, -0.15) is 0 Å². The molecule has 3 N–H and O–H groups in total. The maximum absolute atomic E-state index is 12.9. The molecule has 0 bridgehead atoms. The first-order valence-corrected chi connectivity index (χ1v) is 8.42. The van der Waals surface area contributed by atoms with Crippen LogP contribution in [-0.2, 0) is 14.4 Å². The van der Waals surface area contributed by atoms with Crippen LogP contribution in [0.15, 0.2) is 18.2 Å². The van der Waals surface area contributed by atoms with Gasteiger partial charge in [-0.05, 0) is 12.1 Å². The molecule has 146 valence electrons. The van der Waals surface area contributed by atoms with Crippen LogP contribution in [0.2, 0.25) is 5.02 Å². The Bertz CT molecular complexity index is 943. The molecule has 1 aromatic rings. The highest BCUT2D eigenvalue weighted by molar-refractivity contribution is 6.30. The van der Waals surface area contributed by atoms with Gasteiger partial charge in [0, 0.05) is 16.7 Å². The van der Waals surface area contributed by atoms with Crippen LogP contribution in [0.1, 0.15) is 11.6 Å². The van der Waals surface area contributed by atoms with E-state index in [1.807, 2.05) is 0 Å². The van der Waals surface area contributed by atoms with E-state index in [1.54, 1.807) is 0 Å². The quantitative estimate of drug-likeness (QED) is 0.266. The van der Waals surface area contributed by atoms with Crippen LogP contribution in [0.4, 0.5) is 5.69 Å². The van der Waals surface area contributed by atoms with Crippen LogP contribution >= 0.6 is 11.6 Å². The van der Waals surface area contributed by atoms with Crippen LogP contribution in [0.5, 0.6) is 0 Å². The molecule has 2 heterocycles. The zero-order valence-electron chi connectivity index (χ0n) is 14.2. The number of hydrogen-bond acceptors (Lipinski definition) is 7. The van der Waals surface area contributed by atoms with Crippen molar-refractivity contribution in [3.05, 3.63) is 38.9 Å². The summed E-state index contributed by atoms with van der Waals surface area (Å²) in [4.78, 5) is 49.1.